The maximum atomic E-state index is 13.5. The minimum atomic E-state index is -1.15. The molecular weight excluding hydrogens is 428 g/mol. The Morgan fingerprint density at radius 2 is 1.76 bits per heavy atom. The second kappa shape index (κ2) is 10.9. The summed E-state index contributed by atoms with van der Waals surface area (Å²) in [6.07, 6.45) is 1.16. The van der Waals surface area contributed by atoms with Gasteiger partial charge in [0.1, 0.15) is 0 Å². The monoisotopic (exact) mass is 460 g/mol. The van der Waals surface area contributed by atoms with Crippen LogP contribution >= 0.6 is 0 Å². The summed E-state index contributed by atoms with van der Waals surface area (Å²) >= 11 is 0. The van der Waals surface area contributed by atoms with E-state index in [4.69, 9.17) is 10.7 Å². The highest BCUT2D eigenvalue weighted by Crippen LogP contribution is 2.28. The van der Waals surface area contributed by atoms with Crippen molar-refractivity contribution in [1.82, 2.24) is 5.32 Å². The minimum Gasteiger partial charge on any atom is -0.369 e. The Morgan fingerprint density at radius 1 is 1.12 bits per heavy atom. The van der Waals surface area contributed by atoms with Crippen LogP contribution in [0.4, 0.5) is 5.69 Å². The average molecular weight is 461 g/mol. The van der Waals surface area contributed by atoms with E-state index in [1.165, 1.54) is 4.90 Å². The van der Waals surface area contributed by atoms with Crippen LogP contribution in [0, 0.1) is 17.8 Å². The van der Waals surface area contributed by atoms with Gasteiger partial charge in [-0.05, 0) is 24.8 Å². The van der Waals surface area contributed by atoms with E-state index in [0.717, 1.165) is 11.1 Å². The second-order valence-corrected chi connectivity index (χ2v) is 8.94. The maximum Gasteiger partial charge on any atom is 0.272 e. The Kier molecular flexibility index (Phi) is 7.99. The van der Waals surface area contributed by atoms with Crippen molar-refractivity contribution in [3.63, 3.8) is 0 Å². The summed E-state index contributed by atoms with van der Waals surface area (Å²) in [5, 5.41) is 2.81. The van der Waals surface area contributed by atoms with Crippen LogP contribution in [0.15, 0.2) is 72.2 Å². The van der Waals surface area contributed by atoms with Crippen molar-refractivity contribution in [1.29, 1.82) is 0 Å². The molecule has 0 fully saturated rings. The Hall–Kier alpha value is -3.74. The third kappa shape index (κ3) is 5.42. The van der Waals surface area contributed by atoms with Gasteiger partial charge in [-0.1, -0.05) is 68.5 Å². The highest BCUT2D eigenvalue weighted by Gasteiger charge is 2.36. The van der Waals surface area contributed by atoms with E-state index in [1.807, 2.05) is 68.4 Å². The van der Waals surface area contributed by atoms with Crippen LogP contribution < -0.4 is 16.0 Å². The van der Waals surface area contributed by atoms with E-state index in [1.54, 1.807) is 13.1 Å². The molecule has 3 amide bonds. The van der Waals surface area contributed by atoms with Crippen LogP contribution in [0.3, 0.4) is 0 Å². The molecule has 3 atom stereocenters. The first-order valence-corrected chi connectivity index (χ1v) is 11.4. The zero-order valence-electron chi connectivity index (χ0n) is 19.9. The molecule has 0 aromatic heterocycles. The summed E-state index contributed by atoms with van der Waals surface area (Å²) < 4.78 is 0. The first-order valence-electron chi connectivity index (χ1n) is 11.4. The van der Waals surface area contributed by atoms with Gasteiger partial charge in [0.15, 0.2) is 0 Å². The van der Waals surface area contributed by atoms with E-state index < -0.39 is 29.8 Å². The molecule has 3 rings (SSSR count). The topological polar surface area (TPSA) is 105 Å². The van der Waals surface area contributed by atoms with Gasteiger partial charge in [0.25, 0.3) is 5.91 Å². The smallest absolute Gasteiger partial charge is 0.272 e. The van der Waals surface area contributed by atoms with Crippen molar-refractivity contribution in [2.75, 3.05) is 11.9 Å². The molecule has 0 saturated heterocycles. The molecule has 1 heterocycles. The number of nitrogens with two attached hydrogens (primary N) is 1. The standard InChI is InChI=1S/C27H32N4O3/c1-5-11-19(24(28)32)21(16-17(2)3)26(33)30-25-27(34)31(4)22-15-10-9-14-20(22)23(29-25)18-12-7-6-8-13-18/h5-10,12-15,17,19,21,25H,1,11,16H2,2-4H3,(H2,28,32)(H,30,33)/t19-,21+,25+/m0/s1. The van der Waals surface area contributed by atoms with E-state index >= 15 is 0 Å². The van der Waals surface area contributed by atoms with Gasteiger partial charge in [0.05, 0.1) is 23.2 Å². The summed E-state index contributed by atoms with van der Waals surface area (Å²) in [6.45, 7) is 7.64. The molecule has 2 aromatic rings. The number of aliphatic imine (C=N–C) groups is 1. The quantitative estimate of drug-likeness (QED) is 0.561. The second-order valence-electron chi connectivity index (χ2n) is 8.94. The Bertz CT molecular complexity index is 1090. The van der Waals surface area contributed by atoms with Crippen molar-refractivity contribution < 1.29 is 14.4 Å². The highest BCUT2D eigenvalue weighted by atomic mass is 16.2. The minimum absolute atomic E-state index is 0.141. The zero-order chi connectivity index (χ0) is 24.8. The fourth-order valence-electron chi connectivity index (χ4n) is 4.30. The molecular formula is C27H32N4O3. The number of nitrogens with one attached hydrogen (secondary N) is 1. The molecule has 0 unspecified atom stereocenters. The van der Waals surface area contributed by atoms with Gasteiger partial charge >= 0.3 is 0 Å². The number of fused-ring (bicyclic) bond motifs is 1. The summed E-state index contributed by atoms with van der Waals surface area (Å²) in [6, 6.07) is 17.0. The number of amides is 3. The summed E-state index contributed by atoms with van der Waals surface area (Å²) in [7, 11) is 1.67. The Balaban J connectivity index is 2.03. The number of carbonyl (C=O) groups excluding carboxylic acids is 3. The fourth-order valence-corrected chi connectivity index (χ4v) is 4.30. The van der Waals surface area contributed by atoms with Gasteiger partial charge in [0.2, 0.25) is 18.0 Å². The summed E-state index contributed by atoms with van der Waals surface area (Å²) in [5.74, 6) is -2.63. The molecule has 1 aliphatic heterocycles. The number of anilines is 1. The zero-order valence-corrected chi connectivity index (χ0v) is 19.9. The first kappa shape index (κ1) is 24.9. The largest absolute Gasteiger partial charge is 0.369 e. The lowest BCUT2D eigenvalue weighted by Gasteiger charge is -2.27. The SMILES string of the molecule is C=CC[C@H](C(N)=O)[C@@H](CC(C)C)C(=O)N[C@H]1N=C(c2ccccc2)c2ccccc2N(C)C1=O. The number of para-hydroxylation sites is 1. The van der Waals surface area contributed by atoms with Crippen LogP contribution in [-0.4, -0.2) is 36.6 Å². The van der Waals surface area contributed by atoms with E-state index in [-0.39, 0.29) is 18.2 Å². The van der Waals surface area contributed by atoms with Gasteiger partial charge < -0.3 is 16.0 Å². The maximum absolute atomic E-state index is 13.5. The lowest BCUT2D eigenvalue weighted by Crippen LogP contribution is -2.50. The van der Waals surface area contributed by atoms with Crippen LogP contribution in [0.5, 0.6) is 0 Å². The van der Waals surface area contributed by atoms with E-state index in [0.29, 0.717) is 17.8 Å². The van der Waals surface area contributed by atoms with Crippen molar-refractivity contribution in [3.05, 3.63) is 78.4 Å². The van der Waals surface area contributed by atoms with Gasteiger partial charge in [0, 0.05) is 18.2 Å². The number of hydrogen-bond acceptors (Lipinski definition) is 4. The average Bonchev–Trinajstić information content (AvgIpc) is 2.92. The molecule has 0 bridgehead atoms. The molecule has 0 radical (unpaired) electrons. The Morgan fingerprint density at radius 3 is 2.38 bits per heavy atom. The highest BCUT2D eigenvalue weighted by molar-refractivity contribution is 6.20. The van der Waals surface area contributed by atoms with Crippen LogP contribution in [0.2, 0.25) is 0 Å². The molecule has 3 N–H and O–H groups in total. The number of nitrogens with zero attached hydrogens (tertiary/aromatic N) is 2. The van der Waals surface area contributed by atoms with Gasteiger partial charge in [-0.3, -0.25) is 14.4 Å². The third-order valence-corrected chi connectivity index (χ3v) is 6.00. The number of likely N-dealkylation sites (N-methyl/N-ethyl adjacent to an activating group) is 1. The molecule has 7 heteroatoms. The predicted octanol–water partition coefficient (Wildman–Crippen LogP) is 3.28. The Labute approximate surface area is 200 Å². The summed E-state index contributed by atoms with van der Waals surface area (Å²) in [5.41, 5.74) is 8.56. The molecule has 0 aliphatic carbocycles. The van der Waals surface area contributed by atoms with Crippen LogP contribution in [0.25, 0.3) is 0 Å². The fraction of sp³-hybridized carbons (Fsp3) is 0.333. The van der Waals surface area contributed by atoms with E-state index in [9.17, 15) is 14.4 Å². The number of carbonyl (C=O) groups is 3. The van der Waals surface area contributed by atoms with Crippen LogP contribution in [-0.2, 0) is 14.4 Å². The van der Waals surface area contributed by atoms with Gasteiger partial charge in [-0.15, -0.1) is 6.58 Å². The number of allylic oxidation sites excluding steroid dienone is 1. The lowest BCUT2D eigenvalue weighted by molar-refractivity contribution is -0.135. The number of benzodiazepines with no additional fused rings is 1. The van der Waals surface area contributed by atoms with Crippen LogP contribution in [0.1, 0.15) is 37.8 Å². The van der Waals surface area contributed by atoms with Gasteiger partial charge in [-0.25, -0.2) is 4.99 Å². The molecule has 7 nitrogen and oxygen atoms in total. The number of hydrogen-bond donors (Lipinski definition) is 2. The van der Waals surface area contributed by atoms with Crippen molar-refractivity contribution in [2.45, 2.75) is 32.9 Å². The molecule has 178 valence electrons. The van der Waals surface area contributed by atoms with Crippen molar-refractivity contribution in [3.8, 4) is 0 Å². The third-order valence-electron chi connectivity index (χ3n) is 6.00. The number of rotatable bonds is 9. The summed E-state index contributed by atoms with van der Waals surface area (Å²) in [4.78, 5) is 45.2. The van der Waals surface area contributed by atoms with Crippen molar-refractivity contribution in [2.24, 2.45) is 28.5 Å². The molecule has 2 aromatic carbocycles. The number of primary amides is 1. The first-order chi connectivity index (χ1) is 16.2. The van der Waals surface area contributed by atoms with Crippen molar-refractivity contribution >= 4 is 29.1 Å². The lowest BCUT2D eigenvalue weighted by atomic mass is 9.82. The normalized spacial score (nSPS) is 17.3. The molecule has 0 spiro atoms. The molecule has 1 aliphatic rings. The molecule has 34 heavy (non-hydrogen) atoms. The molecule has 0 saturated carbocycles. The number of benzene rings is 2. The van der Waals surface area contributed by atoms with Gasteiger partial charge in [-0.2, -0.15) is 0 Å². The van der Waals surface area contributed by atoms with E-state index in [2.05, 4.69) is 11.9 Å². The predicted molar refractivity (Wildman–Crippen MR) is 134 cm³/mol.